The predicted octanol–water partition coefficient (Wildman–Crippen LogP) is 1.58. The molecule has 1 amide bonds. The maximum absolute atomic E-state index is 12.4. The van der Waals surface area contributed by atoms with Gasteiger partial charge < -0.3 is 4.90 Å². The molecule has 0 aliphatic carbocycles. The highest BCUT2D eigenvalue weighted by molar-refractivity contribution is 7.88. The molecular formula is C16H22N2O3S. The van der Waals surface area contributed by atoms with Gasteiger partial charge in [-0.2, -0.15) is 0 Å². The molecule has 1 heterocycles. The van der Waals surface area contributed by atoms with Crippen LogP contribution in [0.5, 0.6) is 0 Å². The van der Waals surface area contributed by atoms with Crippen molar-refractivity contribution < 1.29 is 13.2 Å². The summed E-state index contributed by atoms with van der Waals surface area (Å²) in [6, 6.07) is 9.74. The molecule has 22 heavy (non-hydrogen) atoms. The Balaban J connectivity index is 2.04. The van der Waals surface area contributed by atoms with Gasteiger partial charge in [0.05, 0.1) is 6.26 Å². The van der Waals surface area contributed by atoms with Gasteiger partial charge >= 0.3 is 0 Å². The summed E-state index contributed by atoms with van der Waals surface area (Å²) in [7, 11) is -3.18. The maximum Gasteiger partial charge on any atom is 0.246 e. The number of allylic oxidation sites excluding steroid dienone is 1. The average Bonchev–Trinajstić information content (AvgIpc) is 2.73. The van der Waals surface area contributed by atoms with E-state index in [1.165, 1.54) is 10.6 Å². The molecule has 1 aromatic carbocycles. The number of sulfonamides is 1. The molecule has 1 saturated heterocycles. The van der Waals surface area contributed by atoms with E-state index in [-0.39, 0.29) is 5.91 Å². The van der Waals surface area contributed by atoms with Crippen molar-refractivity contribution in [3.63, 3.8) is 0 Å². The molecule has 1 fully saturated rings. The molecule has 0 unspecified atom stereocenters. The highest BCUT2D eigenvalue weighted by atomic mass is 32.2. The monoisotopic (exact) mass is 322 g/mol. The van der Waals surface area contributed by atoms with Crippen LogP contribution in [0.25, 0.3) is 5.57 Å². The molecular weight excluding hydrogens is 300 g/mol. The Hall–Kier alpha value is -1.66. The number of amides is 1. The van der Waals surface area contributed by atoms with Gasteiger partial charge in [0.2, 0.25) is 15.9 Å². The lowest BCUT2D eigenvalue weighted by atomic mass is 10.1. The number of hydrogen-bond donors (Lipinski definition) is 0. The number of hydrogen-bond acceptors (Lipinski definition) is 3. The fraction of sp³-hybridized carbons (Fsp3) is 0.438. The van der Waals surface area contributed by atoms with Gasteiger partial charge in [0.25, 0.3) is 0 Å². The zero-order valence-corrected chi connectivity index (χ0v) is 13.8. The van der Waals surface area contributed by atoms with Crippen LogP contribution in [0, 0.1) is 0 Å². The second kappa shape index (κ2) is 7.07. The summed E-state index contributed by atoms with van der Waals surface area (Å²) in [5, 5.41) is 0. The van der Waals surface area contributed by atoms with Crippen molar-refractivity contribution in [2.24, 2.45) is 0 Å². The first-order chi connectivity index (χ1) is 10.4. The van der Waals surface area contributed by atoms with Gasteiger partial charge in [0.1, 0.15) is 0 Å². The summed E-state index contributed by atoms with van der Waals surface area (Å²) in [4.78, 5) is 14.1. The van der Waals surface area contributed by atoms with Crippen molar-refractivity contribution in [3.05, 3.63) is 42.0 Å². The fourth-order valence-electron chi connectivity index (χ4n) is 2.51. The summed E-state index contributed by atoms with van der Waals surface area (Å²) in [6.45, 7) is 3.77. The summed E-state index contributed by atoms with van der Waals surface area (Å²) in [5.41, 5.74) is 1.93. The number of rotatable bonds is 3. The Morgan fingerprint density at radius 3 is 2.41 bits per heavy atom. The van der Waals surface area contributed by atoms with Crippen LogP contribution in [-0.2, 0) is 14.8 Å². The topological polar surface area (TPSA) is 57.7 Å². The maximum atomic E-state index is 12.4. The third-order valence-electron chi connectivity index (χ3n) is 3.80. The van der Waals surface area contributed by atoms with E-state index in [0.717, 1.165) is 11.1 Å². The van der Waals surface area contributed by atoms with E-state index in [9.17, 15) is 13.2 Å². The Kier molecular flexibility index (Phi) is 5.37. The zero-order chi connectivity index (χ0) is 16.2. The van der Waals surface area contributed by atoms with Gasteiger partial charge in [-0.05, 0) is 24.5 Å². The summed E-state index contributed by atoms with van der Waals surface area (Å²) in [6.07, 6.45) is 3.51. The molecule has 0 radical (unpaired) electrons. The normalized spacial score (nSPS) is 18.1. The van der Waals surface area contributed by atoms with Gasteiger partial charge in [-0.1, -0.05) is 30.3 Å². The van der Waals surface area contributed by atoms with Crippen LogP contribution < -0.4 is 0 Å². The first kappa shape index (κ1) is 16.7. The van der Waals surface area contributed by atoms with Crippen molar-refractivity contribution in [1.82, 2.24) is 9.21 Å². The van der Waals surface area contributed by atoms with Gasteiger partial charge in [-0.3, -0.25) is 4.79 Å². The SMILES string of the molecule is C/C(=C\C(=O)N1CCCN(S(C)(=O)=O)CC1)c1ccccc1. The molecule has 0 N–H and O–H groups in total. The van der Waals surface area contributed by atoms with E-state index in [0.29, 0.717) is 32.6 Å². The van der Waals surface area contributed by atoms with Crippen molar-refractivity contribution in [1.29, 1.82) is 0 Å². The Labute approximate surface area is 132 Å². The van der Waals surface area contributed by atoms with E-state index in [1.807, 2.05) is 37.3 Å². The van der Waals surface area contributed by atoms with Gasteiger partial charge in [-0.15, -0.1) is 0 Å². The molecule has 0 aromatic heterocycles. The van der Waals surface area contributed by atoms with Crippen LogP contribution in [0.1, 0.15) is 18.9 Å². The molecule has 120 valence electrons. The minimum absolute atomic E-state index is 0.0586. The summed E-state index contributed by atoms with van der Waals surface area (Å²) < 4.78 is 24.6. The van der Waals surface area contributed by atoms with Gasteiger partial charge in [0, 0.05) is 32.3 Å². The largest absolute Gasteiger partial charge is 0.338 e. The van der Waals surface area contributed by atoms with Crippen molar-refractivity contribution in [2.45, 2.75) is 13.3 Å². The van der Waals surface area contributed by atoms with Crippen LogP contribution in [-0.4, -0.2) is 56.0 Å². The van der Waals surface area contributed by atoms with E-state index in [2.05, 4.69) is 0 Å². The molecule has 1 aliphatic rings. The Bertz CT molecular complexity index is 653. The third-order valence-corrected chi connectivity index (χ3v) is 5.11. The van der Waals surface area contributed by atoms with E-state index < -0.39 is 10.0 Å². The van der Waals surface area contributed by atoms with Crippen LogP contribution in [0.15, 0.2) is 36.4 Å². The standard InChI is InChI=1S/C16H22N2O3S/c1-14(15-7-4-3-5-8-15)13-16(19)17-9-6-10-18(12-11-17)22(2,20)21/h3-5,7-8,13H,6,9-12H2,1-2H3/b14-13+. The second-order valence-corrected chi connectivity index (χ2v) is 7.52. The average molecular weight is 322 g/mol. The van der Waals surface area contributed by atoms with Crippen LogP contribution in [0.3, 0.4) is 0 Å². The number of carbonyl (C=O) groups excluding carboxylic acids is 1. The van der Waals surface area contributed by atoms with Crippen molar-refractivity contribution in [2.75, 3.05) is 32.4 Å². The molecule has 6 heteroatoms. The lowest BCUT2D eigenvalue weighted by Gasteiger charge is -2.20. The summed E-state index contributed by atoms with van der Waals surface area (Å²) in [5.74, 6) is -0.0586. The summed E-state index contributed by atoms with van der Waals surface area (Å²) >= 11 is 0. The highest BCUT2D eigenvalue weighted by Gasteiger charge is 2.23. The Morgan fingerprint density at radius 1 is 1.09 bits per heavy atom. The second-order valence-electron chi connectivity index (χ2n) is 5.53. The lowest BCUT2D eigenvalue weighted by molar-refractivity contribution is -0.125. The molecule has 1 aliphatic heterocycles. The van der Waals surface area contributed by atoms with Crippen molar-refractivity contribution in [3.8, 4) is 0 Å². The zero-order valence-electron chi connectivity index (χ0n) is 13.0. The fourth-order valence-corrected chi connectivity index (χ4v) is 3.38. The minimum Gasteiger partial charge on any atom is -0.338 e. The number of nitrogens with zero attached hydrogens (tertiary/aromatic N) is 2. The minimum atomic E-state index is -3.18. The molecule has 5 nitrogen and oxygen atoms in total. The molecule has 0 saturated carbocycles. The molecule has 0 bridgehead atoms. The van der Waals surface area contributed by atoms with Crippen LogP contribution >= 0.6 is 0 Å². The van der Waals surface area contributed by atoms with E-state index in [4.69, 9.17) is 0 Å². The quantitative estimate of drug-likeness (QED) is 0.794. The van der Waals surface area contributed by atoms with Gasteiger partial charge in [-0.25, -0.2) is 12.7 Å². The van der Waals surface area contributed by atoms with Crippen LogP contribution in [0.4, 0.5) is 0 Å². The number of carbonyl (C=O) groups is 1. The molecule has 1 aromatic rings. The third kappa shape index (κ3) is 4.42. The van der Waals surface area contributed by atoms with E-state index in [1.54, 1.807) is 11.0 Å². The Morgan fingerprint density at radius 2 is 1.77 bits per heavy atom. The molecule has 0 atom stereocenters. The first-order valence-electron chi connectivity index (χ1n) is 7.35. The molecule has 0 spiro atoms. The number of benzene rings is 1. The van der Waals surface area contributed by atoms with Crippen LogP contribution in [0.2, 0.25) is 0 Å². The first-order valence-corrected chi connectivity index (χ1v) is 9.20. The lowest BCUT2D eigenvalue weighted by Crippen LogP contribution is -2.36. The van der Waals surface area contributed by atoms with E-state index >= 15 is 0 Å². The predicted molar refractivity (Wildman–Crippen MR) is 87.7 cm³/mol. The van der Waals surface area contributed by atoms with Crippen molar-refractivity contribution >= 4 is 21.5 Å². The molecule has 2 rings (SSSR count). The van der Waals surface area contributed by atoms with Gasteiger partial charge in [0.15, 0.2) is 0 Å². The smallest absolute Gasteiger partial charge is 0.246 e. The highest BCUT2D eigenvalue weighted by Crippen LogP contribution is 2.14.